The lowest BCUT2D eigenvalue weighted by molar-refractivity contribution is -0.0365. The normalized spacial score (nSPS) is 24.7. The van der Waals surface area contributed by atoms with Crippen LogP contribution in [-0.4, -0.2) is 67.8 Å². The molecule has 15 nitrogen and oxygen atoms in total. The quantitative estimate of drug-likeness (QED) is 0.0371. The molecule has 1 fully saturated rings. The first-order valence-electron chi connectivity index (χ1n) is 15.4. The standard InChI is InChI=1S/C29H44NO14P3S2/c1-29(2,21-30-28(31)41-24-17-13-9-6-10-14-18-24)49-48-22-39-26-19-25(23-15-11-7-4-3-5-8-12-16-23)42-27(26)20-40-46(35,36)44-47(37,38)43-45(32,33)34/h3-9,11-12,15-16,24-27H,10,13-14,17-22H2,1-2H3,(H,30,31)(H,35,36)(H,37,38)(H2,32,33,34)/b4-3?,5-3?,7-4?,8-5?,9-6+,11-7?,12-8?,15-11?,16-12?,23-15?,23-16?/t24?,25-,26?,27-/m1/s1. The van der Waals surface area contributed by atoms with E-state index in [2.05, 4.69) is 26.1 Å². The number of phosphoric ester groups is 1. The molecule has 3 rings (SSSR count). The van der Waals surface area contributed by atoms with Gasteiger partial charge in [0.15, 0.2) is 0 Å². The average Bonchev–Trinajstić information content (AvgIpc) is 3.38. The number of carbonyl (C=O) groups is 1. The zero-order chi connectivity index (χ0) is 36.0. The molecule has 1 aliphatic heterocycles. The third-order valence-corrected chi connectivity index (χ3v) is 13.6. The largest absolute Gasteiger partial charge is 0.490 e. The average molecular weight is 788 g/mol. The molecule has 1 heterocycles. The lowest BCUT2D eigenvalue weighted by Crippen LogP contribution is -2.38. The minimum absolute atomic E-state index is 0.114. The van der Waals surface area contributed by atoms with Gasteiger partial charge in [-0.1, -0.05) is 88.3 Å². The van der Waals surface area contributed by atoms with Gasteiger partial charge in [-0.3, -0.25) is 4.52 Å². The van der Waals surface area contributed by atoms with Crippen molar-refractivity contribution in [3.63, 3.8) is 0 Å². The first-order valence-corrected chi connectivity index (χ1v) is 22.2. The molecule has 0 saturated carbocycles. The molecule has 6 atom stereocenters. The second-order valence-electron chi connectivity index (χ2n) is 11.6. The van der Waals surface area contributed by atoms with Gasteiger partial charge in [-0.25, -0.2) is 18.5 Å². The summed E-state index contributed by atoms with van der Waals surface area (Å²) in [6.07, 6.45) is 6.30. The lowest BCUT2D eigenvalue weighted by Gasteiger charge is -2.25. The van der Waals surface area contributed by atoms with Crippen molar-refractivity contribution in [1.82, 2.24) is 5.32 Å². The Hall–Kier alpha value is -1.26. The molecule has 1 aromatic carbocycles. The second-order valence-corrected chi connectivity index (χ2v) is 19.0. The molecule has 276 valence electrons. The highest BCUT2D eigenvalue weighted by molar-refractivity contribution is 8.77. The van der Waals surface area contributed by atoms with Gasteiger partial charge < -0.3 is 39.1 Å². The fraction of sp³-hybridized carbons (Fsp3) is 0.552. The van der Waals surface area contributed by atoms with Crippen LogP contribution in [0.3, 0.4) is 0 Å². The van der Waals surface area contributed by atoms with Gasteiger partial charge >= 0.3 is 29.6 Å². The van der Waals surface area contributed by atoms with E-state index in [1.807, 2.05) is 68.4 Å². The summed E-state index contributed by atoms with van der Waals surface area (Å²) in [5.41, 5.74) is 0.766. The number of amides is 1. The predicted octanol–water partition coefficient (Wildman–Crippen LogP) is 7.10. The predicted molar refractivity (Wildman–Crippen MR) is 186 cm³/mol. The van der Waals surface area contributed by atoms with E-state index in [1.54, 1.807) is 0 Å². The summed E-state index contributed by atoms with van der Waals surface area (Å²) in [5.74, 6) is 0.156. The van der Waals surface area contributed by atoms with Crippen LogP contribution < -0.4 is 5.32 Å². The number of nitrogens with one attached hydrogen (secondary N) is 1. The van der Waals surface area contributed by atoms with Crippen LogP contribution in [0.2, 0.25) is 0 Å². The lowest BCUT2D eigenvalue weighted by atomic mass is 10.0. The number of rotatable bonds is 16. The molecule has 1 amide bonds. The van der Waals surface area contributed by atoms with Gasteiger partial charge in [0.05, 0.1) is 18.8 Å². The van der Waals surface area contributed by atoms with E-state index >= 15 is 0 Å². The molecule has 4 unspecified atom stereocenters. The number of ether oxygens (including phenoxy) is 3. The third-order valence-electron chi connectivity index (χ3n) is 6.90. The summed E-state index contributed by atoms with van der Waals surface area (Å²) in [7, 11) is -13.7. The molecule has 1 aromatic rings. The Morgan fingerprint density at radius 2 is 1.59 bits per heavy atom. The van der Waals surface area contributed by atoms with Gasteiger partial charge in [-0.15, -0.1) is 0 Å². The van der Waals surface area contributed by atoms with Crippen molar-refractivity contribution in [2.75, 3.05) is 19.1 Å². The van der Waals surface area contributed by atoms with Crippen LogP contribution in [0.5, 0.6) is 0 Å². The SMILES string of the molecule is CC(C)(CNC(=O)OC1CC/C=C/CCC1)SSCOC1C[C@H](c2ccccccccc2)O[C@@H]1COP(=O)(O)OP(=O)(O)OP(=O)(O)O. The first-order chi connectivity index (χ1) is 23.0. The number of alkyl carbamates (subject to hydrolysis) is 1. The Labute approximate surface area is 294 Å². The molecule has 20 heteroatoms. The maximum Gasteiger partial charge on any atom is 0.490 e. The van der Waals surface area contributed by atoms with E-state index in [0.29, 0.717) is 13.0 Å². The molecule has 1 aliphatic carbocycles. The van der Waals surface area contributed by atoms with Crippen molar-refractivity contribution in [2.24, 2.45) is 0 Å². The van der Waals surface area contributed by atoms with Gasteiger partial charge in [0.25, 0.3) is 0 Å². The van der Waals surface area contributed by atoms with Crippen LogP contribution in [0, 0.1) is 0 Å². The van der Waals surface area contributed by atoms with Gasteiger partial charge in [-0.05, 0) is 51.5 Å². The number of carbonyl (C=O) groups excluding carboxylic acids is 1. The minimum atomic E-state index is -5.68. The van der Waals surface area contributed by atoms with Gasteiger partial charge in [-0.2, -0.15) is 8.62 Å². The number of hydrogen-bond donors (Lipinski definition) is 5. The summed E-state index contributed by atoms with van der Waals surface area (Å²) in [4.78, 5) is 49.5. The van der Waals surface area contributed by atoms with Gasteiger partial charge in [0.1, 0.15) is 18.1 Å². The first kappa shape index (κ1) is 42.2. The van der Waals surface area contributed by atoms with E-state index < -0.39 is 59.2 Å². The van der Waals surface area contributed by atoms with E-state index in [9.17, 15) is 28.3 Å². The fourth-order valence-electron chi connectivity index (χ4n) is 4.70. The van der Waals surface area contributed by atoms with Crippen LogP contribution in [0.4, 0.5) is 4.79 Å². The fourth-order valence-corrected chi connectivity index (χ4v) is 9.90. The smallest absolute Gasteiger partial charge is 0.446 e. The van der Waals surface area contributed by atoms with Crippen molar-refractivity contribution in [2.45, 2.75) is 81.5 Å². The highest BCUT2D eigenvalue weighted by Gasteiger charge is 2.43. The Bertz CT molecular complexity index is 1420. The Balaban J connectivity index is 1.58. The third kappa shape index (κ3) is 17.7. The van der Waals surface area contributed by atoms with Crippen molar-refractivity contribution < 1.29 is 65.4 Å². The van der Waals surface area contributed by atoms with Crippen LogP contribution in [0.25, 0.3) is 0 Å². The highest BCUT2D eigenvalue weighted by atomic mass is 33.1. The van der Waals surface area contributed by atoms with E-state index in [4.69, 9.17) is 28.5 Å². The van der Waals surface area contributed by atoms with E-state index in [1.165, 1.54) is 21.6 Å². The number of allylic oxidation sites excluding steroid dienone is 2. The zero-order valence-electron chi connectivity index (χ0n) is 27.1. The highest BCUT2D eigenvalue weighted by Crippen LogP contribution is 2.66. The molecule has 0 bridgehead atoms. The molecule has 2 aliphatic rings. The molecule has 5 N–H and O–H groups in total. The molecule has 0 spiro atoms. The molecule has 1 saturated heterocycles. The van der Waals surface area contributed by atoms with E-state index in [0.717, 1.165) is 37.7 Å². The molecule has 49 heavy (non-hydrogen) atoms. The maximum atomic E-state index is 12.4. The van der Waals surface area contributed by atoms with Crippen molar-refractivity contribution >= 4 is 51.1 Å². The van der Waals surface area contributed by atoms with Crippen LogP contribution in [0.1, 0.15) is 64.0 Å². The van der Waals surface area contributed by atoms with Crippen LogP contribution >= 0.6 is 45.1 Å². The summed E-state index contributed by atoms with van der Waals surface area (Å²) in [6, 6.07) is 16.6. The van der Waals surface area contributed by atoms with Crippen LogP contribution in [-0.2, 0) is 41.1 Å². The molecular formula is C29H44NO14P3S2. The number of phosphoric acid groups is 3. The summed E-state index contributed by atoms with van der Waals surface area (Å²) >= 11 is 0. The molecule has 0 aromatic heterocycles. The maximum absolute atomic E-state index is 12.4. The molecular weight excluding hydrogens is 743 g/mol. The summed E-state index contributed by atoms with van der Waals surface area (Å²) in [6.45, 7) is 3.61. The minimum Gasteiger partial charge on any atom is -0.446 e. The second kappa shape index (κ2) is 20.1. The topological polar surface area (TPSA) is 217 Å². The van der Waals surface area contributed by atoms with Crippen molar-refractivity contribution in [3.05, 3.63) is 72.3 Å². The monoisotopic (exact) mass is 787 g/mol. The Morgan fingerprint density at radius 3 is 2.27 bits per heavy atom. The zero-order valence-corrected chi connectivity index (χ0v) is 31.4. The summed E-state index contributed by atoms with van der Waals surface area (Å²) in [5, 5.41) is 2.84. The number of hydrogen-bond acceptors (Lipinski definition) is 12. The van der Waals surface area contributed by atoms with Crippen molar-refractivity contribution in [3.8, 4) is 0 Å². The van der Waals surface area contributed by atoms with E-state index in [-0.39, 0.29) is 12.0 Å². The van der Waals surface area contributed by atoms with Crippen LogP contribution in [0.15, 0.2) is 66.7 Å². The van der Waals surface area contributed by atoms with Crippen molar-refractivity contribution in [1.29, 1.82) is 0 Å². The summed E-state index contributed by atoms with van der Waals surface area (Å²) < 4.78 is 65.0. The van der Waals surface area contributed by atoms with Gasteiger partial charge in [0.2, 0.25) is 0 Å². The molecule has 0 radical (unpaired) electrons. The van der Waals surface area contributed by atoms with Gasteiger partial charge in [0, 0.05) is 17.7 Å². The Morgan fingerprint density at radius 1 is 0.939 bits per heavy atom. The Kier molecular flexibility index (Phi) is 17.3.